The van der Waals surface area contributed by atoms with Crippen LogP contribution in [0.1, 0.15) is 56.1 Å². The van der Waals surface area contributed by atoms with Crippen LogP contribution in [0.3, 0.4) is 0 Å². The minimum atomic E-state index is -0.501. The van der Waals surface area contributed by atoms with Crippen LogP contribution in [0.5, 0.6) is 0 Å². The van der Waals surface area contributed by atoms with E-state index < -0.39 is 6.10 Å². The average Bonchev–Trinajstić information content (AvgIpc) is 2.82. The average molecular weight is 281 g/mol. The largest absolute Gasteiger partial charge is 0.391 e. The lowest BCUT2D eigenvalue weighted by Gasteiger charge is -2.17. The van der Waals surface area contributed by atoms with Crippen LogP contribution in [-0.2, 0) is 6.54 Å². The highest BCUT2D eigenvalue weighted by atomic mass is 16.3. The minimum absolute atomic E-state index is 0.160. The van der Waals surface area contributed by atoms with Crippen LogP contribution in [-0.4, -0.2) is 33.4 Å². The highest BCUT2D eigenvalue weighted by Gasteiger charge is 2.17. The summed E-state index contributed by atoms with van der Waals surface area (Å²) in [6, 6.07) is 0. The first-order valence-corrected chi connectivity index (χ1v) is 7.49. The van der Waals surface area contributed by atoms with Crippen molar-refractivity contribution in [1.29, 1.82) is 0 Å². The third-order valence-electron chi connectivity index (χ3n) is 3.84. The zero-order valence-corrected chi connectivity index (χ0v) is 13.0. The minimum Gasteiger partial charge on any atom is -0.391 e. The van der Waals surface area contributed by atoms with Gasteiger partial charge in [-0.2, -0.15) is 5.10 Å². The predicted octanol–water partition coefficient (Wildman–Crippen LogP) is 2.13. The number of amides is 1. The molecule has 1 amide bonds. The second-order valence-corrected chi connectivity index (χ2v) is 5.38. The first-order chi connectivity index (χ1) is 9.51. The van der Waals surface area contributed by atoms with Gasteiger partial charge in [0.05, 0.1) is 17.9 Å². The van der Waals surface area contributed by atoms with E-state index in [-0.39, 0.29) is 18.4 Å². The van der Waals surface area contributed by atoms with Crippen molar-refractivity contribution in [2.24, 2.45) is 5.92 Å². The summed E-state index contributed by atoms with van der Waals surface area (Å²) in [6.07, 6.45) is 4.15. The zero-order valence-electron chi connectivity index (χ0n) is 13.0. The number of hydrogen-bond donors (Lipinski definition) is 2. The molecule has 0 fully saturated rings. The number of hydrogen-bond acceptors (Lipinski definition) is 3. The highest BCUT2D eigenvalue weighted by molar-refractivity contribution is 5.95. The lowest BCUT2D eigenvalue weighted by atomic mass is 10.0. The summed E-state index contributed by atoms with van der Waals surface area (Å²) >= 11 is 0. The first-order valence-electron chi connectivity index (χ1n) is 7.49. The number of nitrogens with one attached hydrogen (secondary N) is 1. The molecule has 0 aromatic carbocycles. The number of nitrogens with zero attached hydrogens (tertiary/aromatic N) is 2. The number of unbranched alkanes of at least 4 members (excludes halogenated alkanes) is 1. The van der Waals surface area contributed by atoms with Gasteiger partial charge >= 0.3 is 0 Å². The third kappa shape index (κ3) is 4.34. The van der Waals surface area contributed by atoms with Gasteiger partial charge in [0.2, 0.25) is 0 Å². The third-order valence-corrected chi connectivity index (χ3v) is 3.84. The Morgan fingerprint density at radius 1 is 1.50 bits per heavy atom. The smallest absolute Gasteiger partial charge is 0.254 e. The summed E-state index contributed by atoms with van der Waals surface area (Å²) in [7, 11) is 0. The molecule has 2 unspecified atom stereocenters. The fraction of sp³-hybridized carbons (Fsp3) is 0.733. The van der Waals surface area contributed by atoms with Gasteiger partial charge in [0.1, 0.15) is 0 Å². The Morgan fingerprint density at radius 2 is 2.20 bits per heavy atom. The maximum atomic E-state index is 12.1. The van der Waals surface area contributed by atoms with E-state index in [4.69, 9.17) is 0 Å². The number of carbonyl (C=O) groups excluding carboxylic acids is 1. The van der Waals surface area contributed by atoms with Gasteiger partial charge in [-0.25, -0.2) is 0 Å². The predicted molar refractivity (Wildman–Crippen MR) is 79.7 cm³/mol. The number of aromatic nitrogens is 2. The molecule has 20 heavy (non-hydrogen) atoms. The maximum absolute atomic E-state index is 12.1. The summed E-state index contributed by atoms with van der Waals surface area (Å²) in [4.78, 5) is 12.1. The van der Waals surface area contributed by atoms with Crippen molar-refractivity contribution in [3.05, 3.63) is 17.5 Å². The Kier molecular flexibility index (Phi) is 6.71. The van der Waals surface area contributed by atoms with E-state index in [2.05, 4.69) is 17.3 Å². The molecular formula is C15H27N3O2. The summed E-state index contributed by atoms with van der Waals surface area (Å²) < 4.78 is 1.86. The molecule has 0 aliphatic carbocycles. The fourth-order valence-electron chi connectivity index (χ4n) is 1.97. The van der Waals surface area contributed by atoms with Gasteiger partial charge in [0.15, 0.2) is 0 Å². The molecule has 0 aliphatic rings. The molecule has 1 aromatic heterocycles. The second-order valence-electron chi connectivity index (χ2n) is 5.38. The van der Waals surface area contributed by atoms with Crippen LogP contribution in [0.4, 0.5) is 0 Å². The first kappa shape index (κ1) is 16.7. The molecule has 5 heteroatoms. The van der Waals surface area contributed by atoms with Gasteiger partial charge in [-0.1, -0.05) is 33.6 Å². The molecule has 114 valence electrons. The van der Waals surface area contributed by atoms with E-state index in [1.165, 1.54) is 0 Å². The quantitative estimate of drug-likeness (QED) is 0.767. The van der Waals surface area contributed by atoms with Gasteiger partial charge < -0.3 is 10.4 Å². The van der Waals surface area contributed by atoms with Crippen LogP contribution in [0.15, 0.2) is 6.20 Å². The zero-order chi connectivity index (χ0) is 15.1. The van der Waals surface area contributed by atoms with Gasteiger partial charge in [-0.15, -0.1) is 0 Å². The number of aliphatic hydroxyl groups is 1. The molecule has 1 heterocycles. The van der Waals surface area contributed by atoms with Gasteiger partial charge in [0, 0.05) is 18.8 Å². The maximum Gasteiger partial charge on any atom is 0.254 e. The number of aryl methyl sites for hydroxylation is 1. The molecular weight excluding hydrogens is 254 g/mol. The Labute approximate surface area is 121 Å². The lowest BCUT2D eigenvalue weighted by molar-refractivity contribution is 0.0849. The molecule has 1 rings (SSSR count). The Bertz CT molecular complexity index is 429. The Morgan fingerprint density at radius 3 is 2.80 bits per heavy atom. The van der Waals surface area contributed by atoms with E-state index >= 15 is 0 Å². The molecule has 0 bridgehead atoms. The summed E-state index contributed by atoms with van der Waals surface area (Å²) in [5, 5.41) is 16.9. The summed E-state index contributed by atoms with van der Waals surface area (Å²) in [5.41, 5.74) is 1.48. The van der Waals surface area contributed by atoms with Crippen molar-refractivity contribution >= 4 is 5.91 Å². The van der Waals surface area contributed by atoms with Crippen molar-refractivity contribution in [2.45, 2.75) is 59.6 Å². The molecule has 0 spiro atoms. The molecule has 2 atom stereocenters. The summed E-state index contributed by atoms with van der Waals surface area (Å²) in [5.74, 6) is 0.0243. The van der Waals surface area contributed by atoms with Crippen molar-refractivity contribution in [3.8, 4) is 0 Å². The Hall–Kier alpha value is -1.36. The van der Waals surface area contributed by atoms with E-state index in [0.717, 1.165) is 31.5 Å². The molecule has 1 aromatic rings. The van der Waals surface area contributed by atoms with Crippen molar-refractivity contribution in [3.63, 3.8) is 0 Å². The fourth-order valence-corrected chi connectivity index (χ4v) is 1.97. The monoisotopic (exact) mass is 281 g/mol. The lowest BCUT2D eigenvalue weighted by Crippen LogP contribution is -2.35. The number of rotatable bonds is 8. The topological polar surface area (TPSA) is 67.2 Å². The van der Waals surface area contributed by atoms with Crippen LogP contribution in [0.25, 0.3) is 0 Å². The van der Waals surface area contributed by atoms with E-state index in [9.17, 15) is 9.90 Å². The SMILES string of the molecule is CCCCn1ncc(C(=O)NCC(O)C(C)CC)c1C. The molecule has 0 aliphatic heterocycles. The van der Waals surface area contributed by atoms with Crippen molar-refractivity contribution in [1.82, 2.24) is 15.1 Å². The normalized spacial score (nSPS) is 14.1. The highest BCUT2D eigenvalue weighted by Crippen LogP contribution is 2.10. The van der Waals surface area contributed by atoms with E-state index in [0.29, 0.717) is 5.56 Å². The van der Waals surface area contributed by atoms with Gasteiger partial charge in [-0.05, 0) is 19.3 Å². The molecule has 0 radical (unpaired) electrons. The van der Waals surface area contributed by atoms with Crippen LogP contribution < -0.4 is 5.32 Å². The number of carbonyl (C=O) groups is 1. The van der Waals surface area contributed by atoms with Crippen molar-refractivity contribution < 1.29 is 9.90 Å². The van der Waals surface area contributed by atoms with Gasteiger partial charge in [0.25, 0.3) is 5.91 Å². The van der Waals surface area contributed by atoms with E-state index in [1.807, 2.05) is 25.5 Å². The van der Waals surface area contributed by atoms with E-state index in [1.54, 1.807) is 6.20 Å². The molecule has 0 saturated heterocycles. The number of aliphatic hydroxyl groups excluding tert-OH is 1. The summed E-state index contributed by atoms with van der Waals surface area (Å²) in [6.45, 7) is 9.16. The molecule has 2 N–H and O–H groups in total. The van der Waals surface area contributed by atoms with Crippen LogP contribution >= 0.6 is 0 Å². The second kappa shape index (κ2) is 8.04. The van der Waals surface area contributed by atoms with Crippen molar-refractivity contribution in [2.75, 3.05) is 6.54 Å². The molecule has 0 saturated carbocycles. The van der Waals surface area contributed by atoms with Crippen LogP contribution in [0.2, 0.25) is 0 Å². The molecule has 5 nitrogen and oxygen atoms in total. The van der Waals surface area contributed by atoms with Crippen LogP contribution in [0, 0.1) is 12.8 Å². The Balaban J connectivity index is 2.57. The van der Waals surface area contributed by atoms with Gasteiger partial charge in [-0.3, -0.25) is 9.48 Å². The standard InChI is InChI=1S/C15H27N3O2/c1-5-7-8-18-12(4)13(9-17-18)15(20)16-10-14(19)11(3)6-2/h9,11,14,19H,5-8,10H2,1-4H3,(H,16,20).